The van der Waals surface area contributed by atoms with Crippen molar-refractivity contribution in [1.29, 1.82) is 0 Å². The summed E-state index contributed by atoms with van der Waals surface area (Å²) in [5, 5.41) is 9.74. The number of benzene rings is 1. The van der Waals surface area contributed by atoms with E-state index in [9.17, 15) is 9.59 Å². The fourth-order valence-electron chi connectivity index (χ4n) is 2.95. The second kappa shape index (κ2) is 8.23. The highest BCUT2D eigenvalue weighted by molar-refractivity contribution is 7.20. The average Bonchev–Trinajstić information content (AvgIpc) is 3.01. The number of aliphatic carboxylic acids is 1. The Morgan fingerprint density at radius 1 is 1.36 bits per heavy atom. The molecule has 134 valence electrons. The minimum Gasteiger partial charge on any atom is -0.480 e. The number of nitrogens with zero attached hydrogens (tertiary/aromatic N) is 2. The largest absolute Gasteiger partial charge is 0.480 e. The molecule has 0 spiro atoms. The number of halogens is 1. The molecule has 25 heavy (non-hydrogen) atoms. The lowest BCUT2D eigenvalue weighted by Crippen LogP contribution is -2.38. The molecule has 1 saturated heterocycles. The number of hydrogen-bond acceptors (Lipinski definition) is 6. The third-order valence-corrected chi connectivity index (χ3v) is 5.56. The van der Waals surface area contributed by atoms with Crippen LogP contribution in [-0.2, 0) is 9.53 Å². The Morgan fingerprint density at radius 2 is 2.12 bits per heavy atom. The molecule has 0 unspecified atom stereocenters. The van der Waals surface area contributed by atoms with Crippen LogP contribution in [0.5, 0.6) is 0 Å². The van der Waals surface area contributed by atoms with Crippen molar-refractivity contribution in [3.63, 3.8) is 0 Å². The first kappa shape index (κ1) is 18.3. The molecule has 2 heterocycles. The number of ketones is 1. The lowest BCUT2D eigenvalue weighted by atomic mass is 9.93. The van der Waals surface area contributed by atoms with Crippen LogP contribution in [0.1, 0.15) is 22.6 Å². The van der Waals surface area contributed by atoms with Gasteiger partial charge in [-0.1, -0.05) is 11.6 Å². The molecule has 1 N–H and O–H groups in total. The third kappa shape index (κ3) is 4.76. The van der Waals surface area contributed by atoms with Gasteiger partial charge in [-0.3, -0.25) is 4.79 Å². The zero-order valence-corrected chi connectivity index (χ0v) is 15.2. The van der Waals surface area contributed by atoms with E-state index in [1.165, 1.54) is 11.3 Å². The van der Waals surface area contributed by atoms with Crippen molar-refractivity contribution in [3.8, 4) is 0 Å². The summed E-state index contributed by atoms with van der Waals surface area (Å²) < 4.78 is 5.99. The van der Waals surface area contributed by atoms with Crippen LogP contribution in [0.4, 0.5) is 0 Å². The first-order valence-electron chi connectivity index (χ1n) is 8.15. The molecule has 2 aromatic rings. The number of carbonyl (C=O) groups is 2. The highest BCUT2D eigenvalue weighted by atomic mass is 35.5. The first-order chi connectivity index (χ1) is 12.0. The highest BCUT2D eigenvalue weighted by Crippen LogP contribution is 2.29. The van der Waals surface area contributed by atoms with Crippen molar-refractivity contribution >= 4 is 44.9 Å². The van der Waals surface area contributed by atoms with Crippen molar-refractivity contribution < 1.29 is 19.4 Å². The molecule has 1 aromatic heterocycles. The summed E-state index contributed by atoms with van der Waals surface area (Å²) in [5.41, 5.74) is 0.811. The van der Waals surface area contributed by atoms with Crippen LogP contribution >= 0.6 is 22.9 Å². The number of hydrogen-bond donors (Lipinski definition) is 1. The number of likely N-dealkylation sites (tertiary alicyclic amines) is 1. The summed E-state index contributed by atoms with van der Waals surface area (Å²) >= 11 is 7.39. The Balaban J connectivity index is 1.51. The van der Waals surface area contributed by atoms with E-state index in [-0.39, 0.29) is 18.3 Å². The van der Waals surface area contributed by atoms with E-state index in [2.05, 4.69) is 9.88 Å². The molecule has 6 nitrogen and oxygen atoms in total. The number of aromatic nitrogens is 1. The Kier molecular flexibility index (Phi) is 6.01. The normalized spacial score (nSPS) is 16.4. The predicted octanol–water partition coefficient (Wildman–Crippen LogP) is 2.95. The summed E-state index contributed by atoms with van der Waals surface area (Å²) in [6.45, 7) is 2.43. The van der Waals surface area contributed by atoms with Gasteiger partial charge in [-0.2, -0.15) is 0 Å². The van der Waals surface area contributed by atoms with Gasteiger partial charge in [0, 0.05) is 17.5 Å². The number of carboxylic acids is 1. The van der Waals surface area contributed by atoms with Gasteiger partial charge in [0.05, 0.1) is 16.8 Å². The lowest BCUT2D eigenvalue weighted by molar-refractivity contribution is -0.142. The molecule has 0 radical (unpaired) electrons. The van der Waals surface area contributed by atoms with Crippen LogP contribution in [0.2, 0.25) is 5.02 Å². The molecular formula is C17H19ClN2O4S. The predicted molar refractivity (Wildman–Crippen MR) is 96.6 cm³/mol. The van der Waals surface area contributed by atoms with E-state index in [0.717, 1.165) is 36.1 Å². The van der Waals surface area contributed by atoms with E-state index < -0.39 is 5.97 Å². The number of thiazole rings is 1. The minimum atomic E-state index is -0.957. The molecule has 0 aliphatic carbocycles. The van der Waals surface area contributed by atoms with Gasteiger partial charge in [-0.05, 0) is 44.1 Å². The summed E-state index contributed by atoms with van der Waals surface area (Å²) in [4.78, 5) is 29.7. The molecular weight excluding hydrogens is 364 g/mol. The fraction of sp³-hybridized carbons (Fsp3) is 0.471. The molecule has 0 bridgehead atoms. The fourth-order valence-corrected chi connectivity index (χ4v) is 4.21. The number of Topliss-reactive ketones (excluding diaryl/α,β-unsaturated/α-hetero) is 1. The molecule has 1 aliphatic rings. The second-order valence-electron chi connectivity index (χ2n) is 6.06. The summed E-state index contributed by atoms with van der Waals surface area (Å²) in [5.74, 6) is -0.854. The summed E-state index contributed by atoms with van der Waals surface area (Å²) in [6.07, 6.45) is 1.57. The molecule has 1 aliphatic heterocycles. The van der Waals surface area contributed by atoms with Crippen LogP contribution in [0.15, 0.2) is 18.2 Å². The Bertz CT molecular complexity index is 771. The molecule has 0 atom stereocenters. The van der Waals surface area contributed by atoms with Crippen molar-refractivity contribution in [3.05, 3.63) is 28.2 Å². The van der Waals surface area contributed by atoms with Gasteiger partial charge in [-0.15, -0.1) is 11.3 Å². The zero-order chi connectivity index (χ0) is 17.8. The Labute approximate surface area is 154 Å². The van der Waals surface area contributed by atoms with E-state index in [0.29, 0.717) is 23.2 Å². The molecule has 8 heteroatoms. The lowest BCUT2D eigenvalue weighted by Gasteiger charge is -2.30. The van der Waals surface area contributed by atoms with E-state index in [1.54, 1.807) is 6.07 Å². The number of carbonyl (C=O) groups excluding carboxylic acids is 1. The van der Waals surface area contributed by atoms with Crippen molar-refractivity contribution in [2.45, 2.75) is 12.8 Å². The van der Waals surface area contributed by atoms with Crippen molar-refractivity contribution in [2.24, 2.45) is 5.92 Å². The van der Waals surface area contributed by atoms with Crippen LogP contribution in [0.25, 0.3) is 10.2 Å². The van der Waals surface area contributed by atoms with Crippen LogP contribution in [0.3, 0.4) is 0 Å². The zero-order valence-electron chi connectivity index (χ0n) is 13.6. The number of rotatable bonds is 7. The van der Waals surface area contributed by atoms with Gasteiger partial charge in [0.15, 0.2) is 10.8 Å². The maximum Gasteiger partial charge on any atom is 0.329 e. The van der Waals surface area contributed by atoms with Gasteiger partial charge in [0.2, 0.25) is 0 Å². The summed E-state index contributed by atoms with van der Waals surface area (Å²) in [6, 6.07) is 5.46. The maximum atomic E-state index is 12.7. The molecule has 0 saturated carbocycles. The molecule has 3 rings (SSSR count). The maximum absolute atomic E-state index is 12.7. The smallest absolute Gasteiger partial charge is 0.329 e. The topological polar surface area (TPSA) is 79.7 Å². The standard InChI is InChI=1S/C17H19ClN2O4S/c18-12-1-2-13-14(9-12)25-17(19-13)16(23)11-3-5-20(6-4-11)7-8-24-10-15(21)22/h1-2,9,11H,3-8,10H2,(H,21,22). The van der Waals surface area contributed by atoms with Crippen LogP contribution in [-0.4, -0.2) is 59.6 Å². The van der Waals surface area contributed by atoms with Crippen molar-refractivity contribution in [2.75, 3.05) is 32.8 Å². The van der Waals surface area contributed by atoms with Gasteiger partial charge in [0.25, 0.3) is 0 Å². The average molecular weight is 383 g/mol. The number of piperidine rings is 1. The van der Waals surface area contributed by atoms with Gasteiger partial charge < -0.3 is 14.7 Å². The first-order valence-corrected chi connectivity index (χ1v) is 9.34. The molecule has 0 amide bonds. The van der Waals surface area contributed by atoms with Crippen LogP contribution < -0.4 is 0 Å². The number of ether oxygens (including phenoxy) is 1. The highest BCUT2D eigenvalue weighted by Gasteiger charge is 2.27. The Hall–Kier alpha value is -1.54. The molecule has 1 aromatic carbocycles. The number of fused-ring (bicyclic) bond motifs is 1. The van der Waals surface area contributed by atoms with Crippen LogP contribution in [0, 0.1) is 5.92 Å². The van der Waals surface area contributed by atoms with E-state index >= 15 is 0 Å². The van der Waals surface area contributed by atoms with E-state index in [1.807, 2.05) is 12.1 Å². The third-order valence-electron chi connectivity index (χ3n) is 4.30. The Morgan fingerprint density at radius 3 is 2.84 bits per heavy atom. The van der Waals surface area contributed by atoms with Gasteiger partial charge in [-0.25, -0.2) is 9.78 Å². The summed E-state index contributed by atoms with van der Waals surface area (Å²) in [7, 11) is 0. The SMILES string of the molecule is O=C(O)COCCN1CCC(C(=O)c2nc3ccc(Cl)cc3s2)CC1. The molecule has 1 fully saturated rings. The minimum absolute atomic E-state index is 0.00720. The number of carboxylic acid groups (broad SMARTS) is 1. The van der Waals surface area contributed by atoms with E-state index in [4.69, 9.17) is 21.4 Å². The van der Waals surface area contributed by atoms with Gasteiger partial charge in [0.1, 0.15) is 6.61 Å². The van der Waals surface area contributed by atoms with Crippen molar-refractivity contribution in [1.82, 2.24) is 9.88 Å². The quantitative estimate of drug-likeness (QED) is 0.585. The second-order valence-corrected chi connectivity index (χ2v) is 7.52. The van der Waals surface area contributed by atoms with Gasteiger partial charge >= 0.3 is 5.97 Å². The monoisotopic (exact) mass is 382 g/mol.